The van der Waals surface area contributed by atoms with Crippen LogP contribution in [0.1, 0.15) is 12.0 Å². The summed E-state index contributed by atoms with van der Waals surface area (Å²) in [7, 11) is 3.11. The van der Waals surface area contributed by atoms with Gasteiger partial charge in [-0.05, 0) is 29.0 Å². The minimum atomic E-state index is -1.32. The molecular weight excluding hydrogens is 462 g/mol. The number of aliphatic imine (C=N–C) groups is 1. The number of carbonyl (C=O) groups is 1. The Labute approximate surface area is 206 Å². The predicted molar refractivity (Wildman–Crippen MR) is 131 cm³/mol. The summed E-state index contributed by atoms with van der Waals surface area (Å²) in [6, 6.07) is 19.5. The van der Waals surface area contributed by atoms with Gasteiger partial charge in [0.1, 0.15) is 5.75 Å². The van der Waals surface area contributed by atoms with Crippen LogP contribution >= 0.6 is 0 Å². The topological polar surface area (TPSA) is 117 Å². The lowest BCUT2D eigenvalue weighted by Gasteiger charge is -2.29. The van der Waals surface area contributed by atoms with Gasteiger partial charge in [-0.1, -0.05) is 30.3 Å². The number of nitrogens with zero attached hydrogens (tertiary/aromatic N) is 3. The van der Waals surface area contributed by atoms with Gasteiger partial charge < -0.3 is 30.1 Å². The number of anilines is 2. The van der Waals surface area contributed by atoms with E-state index in [1.165, 1.54) is 4.70 Å². The molecule has 3 heterocycles. The van der Waals surface area contributed by atoms with E-state index in [1.54, 1.807) is 32.4 Å². The monoisotopic (exact) mass is 486 g/mol. The highest BCUT2D eigenvalue weighted by atomic mass is 16.7. The van der Waals surface area contributed by atoms with Crippen LogP contribution in [0.2, 0.25) is 0 Å². The molecule has 6 rings (SSSR count). The van der Waals surface area contributed by atoms with Gasteiger partial charge in [-0.3, -0.25) is 4.79 Å². The zero-order chi connectivity index (χ0) is 24.9. The van der Waals surface area contributed by atoms with E-state index in [-0.39, 0.29) is 12.3 Å². The first kappa shape index (κ1) is 22.1. The lowest BCUT2D eigenvalue weighted by Crippen LogP contribution is -2.47. The highest BCUT2D eigenvalue weighted by Gasteiger charge is 2.55. The van der Waals surface area contributed by atoms with Crippen LogP contribution in [-0.4, -0.2) is 48.0 Å². The van der Waals surface area contributed by atoms with Crippen molar-refractivity contribution in [2.45, 2.75) is 24.3 Å². The molecule has 0 saturated carbocycles. The summed E-state index contributed by atoms with van der Waals surface area (Å²) < 4.78 is 12.4. The maximum absolute atomic E-state index is 13.5. The number of fused-ring (bicyclic) bond motifs is 3. The van der Waals surface area contributed by atoms with E-state index >= 15 is 0 Å². The third-order valence-corrected chi connectivity index (χ3v) is 6.74. The number of amides is 1. The molecule has 3 aromatic rings. The van der Waals surface area contributed by atoms with E-state index in [9.17, 15) is 9.90 Å². The van der Waals surface area contributed by atoms with Gasteiger partial charge in [0.05, 0.1) is 31.3 Å². The fourth-order valence-electron chi connectivity index (χ4n) is 5.00. The lowest BCUT2D eigenvalue weighted by molar-refractivity contribution is -0.530. The maximum atomic E-state index is 13.5. The minimum absolute atomic E-state index is 0.167. The zero-order valence-electron chi connectivity index (χ0n) is 19.6. The molecule has 0 aliphatic carbocycles. The van der Waals surface area contributed by atoms with Crippen molar-refractivity contribution in [3.63, 3.8) is 0 Å². The van der Waals surface area contributed by atoms with Gasteiger partial charge in [-0.25, -0.2) is 4.99 Å². The Bertz CT molecular complexity index is 1440. The minimum Gasteiger partial charge on any atom is -0.497 e. The van der Waals surface area contributed by atoms with Crippen molar-refractivity contribution in [2.24, 2.45) is 10.3 Å². The molecular formula is C26H24N5O5+. The van der Waals surface area contributed by atoms with Crippen LogP contribution in [0.15, 0.2) is 77.0 Å². The van der Waals surface area contributed by atoms with Crippen molar-refractivity contribution in [1.29, 1.82) is 0 Å². The molecule has 36 heavy (non-hydrogen) atoms. The summed E-state index contributed by atoms with van der Waals surface area (Å²) in [5.41, 5.74) is 2.82. The summed E-state index contributed by atoms with van der Waals surface area (Å²) in [5, 5.41) is 21.5. The second-order valence-electron chi connectivity index (χ2n) is 8.73. The molecule has 1 spiro atoms. The summed E-state index contributed by atoms with van der Waals surface area (Å²) in [5.74, 6) is 0.884. The molecule has 3 unspecified atom stereocenters. The molecule has 0 bridgehead atoms. The number of ether oxygens (including phenoxy) is 2. The van der Waals surface area contributed by atoms with Crippen LogP contribution in [0.3, 0.4) is 0 Å². The standard InChI is InChI=1S/C26H23N5O5/c1-34-15-11-12-21(22(13-15)35-2)31-23(24(32)36-30-31)20-14-26(29-19-10-6-5-9-18(19)27-20)16-7-3-4-8-17(16)28-25(26)33/h3-13,23-24,29,32H,14H2,1-2H3/p+1. The van der Waals surface area contributed by atoms with Crippen molar-refractivity contribution in [2.75, 3.05) is 24.9 Å². The van der Waals surface area contributed by atoms with Crippen molar-refractivity contribution < 1.29 is 28.9 Å². The largest absolute Gasteiger partial charge is 0.497 e. The Kier molecular flexibility index (Phi) is 5.11. The van der Waals surface area contributed by atoms with Gasteiger partial charge in [0, 0.05) is 29.8 Å². The first-order valence-corrected chi connectivity index (χ1v) is 11.5. The summed E-state index contributed by atoms with van der Waals surface area (Å²) >= 11 is 0. The van der Waals surface area contributed by atoms with Crippen molar-refractivity contribution in [3.05, 3.63) is 72.3 Å². The number of benzene rings is 3. The number of nitrogens with one attached hydrogen (secondary N) is 2. The molecule has 182 valence electrons. The molecule has 10 nitrogen and oxygen atoms in total. The number of methoxy groups -OCH3 is 2. The second-order valence-corrected chi connectivity index (χ2v) is 8.73. The van der Waals surface area contributed by atoms with E-state index in [1.807, 2.05) is 48.5 Å². The fourth-order valence-corrected chi connectivity index (χ4v) is 5.00. The SMILES string of the molecule is COc1ccc([N+]2=NOC(O)C2C2=Nc3ccccc3NC3(C2)C(=O)Nc2ccccc23)c(OC)c1. The molecule has 3 aliphatic rings. The van der Waals surface area contributed by atoms with Crippen molar-refractivity contribution in [1.82, 2.24) is 0 Å². The zero-order valence-corrected chi connectivity index (χ0v) is 19.6. The molecule has 10 heteroatoms. The summed E-state index contributed by atoms with van der Waals surface area (Å²) in [6.45, 7) is 0. The van der Waals surface area contributed by atoms with Crippen molar-refractivity contribution in [3.8, 4) is 11.5 Å². The number of carbonyl (C=O) groups excluding carboxylic acids is 1. The Morgan fingerprint density at radius 3 is 2.64 bits per heavy atom. The molecule has 0 saturated heterocycles. The quantitative estimate of drug-likeness (QED) is 0.482. The number of aliphatic hydroxyl groups is 1. The molecule has 0 radical (unpaired) electrons. The first-order valence-electron chi connectivity index (χ1n) is 11.5. The van der Waals surface area contributed by atoms with Gasteiger partial charge in [0.25, 0.3) is 17.6 Å². The van der Waals surface area contributed by atoms with Gasteiger partial charge in [0.15, 0.2) is 16.6 Å². The van der Waals surface area contributed by atoms with Gasteiger partial charge in [-0.15, -0.1) is 0 Å². The highest BCUT2D eigenvalue weighted by molar-refractivity contribution is 6.12. The van der Waals surface area contributed by atoms with Gasteiger partial charge in [0.2, 0.25) is 0 Å². The summed E-state index contributed by atoms with van der Waals surface area (Å²) in [6.07, 6.45) is -1.15. The van der Waals surface area contributed by atoms with Crippen LogP contribution in [0.5, 0.6) is 11.5 Å². The molecule has 3 aliphatic heterocycles. The maximum Gasteiger partial charge on any atom is 0.301 e. The fraction of sp³-hybridized carbons (Fsp3) is 0.231. The van der Waals surface area contributed by atoms with Crippen LogP contribution in [-0.2, 0) is 15.2 Å². The average molecular weight is 487 g/mol. The summed E-state index contributed by atoms with van der Waals surface area (Å²) in [4.78, 5) is 23.8. The van der Waals surface area contributed by atoms with E-state index < -0.39 is 17.9 Å². The normalized spacial score (nSPS) is 23.9. The lowest BCUT2D eigenvalue weighted by atomic mass is 9.84. The number of para-hydroxylation sites is 3. The Balaban J connectivity index is 1.51. The van der Waals surface area contributed by atoms with Crippen LogP contribution in [0.4, 0.5) is 22.7 Å². The average Bonchev–Trinajstić information content (AvgIpc) is 3.34. The molecule has 3 N–H and O–H groups in total. The number of rotatable bonds is 4. The van der Waals surface area contributed by atoms with E-state index in [2.05, 4.69) is 15.9 Å². The Morgan fingerprint density at radius 1 is 1.06 bits per heavy atom. The van der Waals surface area contributed by atoms with Crippen LogP contribution < -0.4 is 20.1 Å². The van der Waals surface area contributed by atoms with Gasteiger partial charge in [-0.2, -0.15) is 0 Å². The third kappa shape index (κ3) is 3.29. The van der Waals surface area contributed by atoms with E-state index in [0.717, 1.165) is 11.3 Å². The third-order valence-electron chi connectivity index (χ3n) is 6.74. The molecule has 0 aromatic heterocycles. The second kappa shape index (κ2) is 8.35. The highest BCUT2D eigenvalue weighted by Crippen LogP contribution is 2.46. The number of aliphatic hydroxyl groups excluding tert-OH is 1. The molecule has 3 atom stereocenters. The van der Waals surface area contributed by atoms with E-state index in [0.29, 0.717) is 34.3 Å². The Hall–Kier alpha value is -4.44. The van der Waals surface area contributed by atoms with Crippen molar-refractivity contribution >= 4 is 34.4 Å². The number of hydrogen-bond donors (Lipinski definition) is 3. The first-order chi connectivity index (χ1) is 17.5. The molecule has 0 fully saturated rings. The molecule has 1 amide bonds. The van der Waals surface area contributed by atoms with Crippen LogP contribution in [0.25, 0.3) is 0 Å². The predicted octanol–water partition coefficient (Wildman–Crippen LogP) is 3.87. The number of hydrogen-bond acceptors (Lipinski definition) is 8. The molecule has 3 aromatic carbocycles. The smallest absolute Gasteiger partial charge is 0.301 e. The van der Waals surface area contributed by atoms with Gasteiger partial charge >= 0.3 is 6.29 Å². The Morgan fingerprint density at radius 2 is 1.83 bits per heavy atom. The van der Waals surface area contributed by atoms with E-state index in [4.69, 9.17) is 19.3 Å². The van der Waals surface area contributed by atoms with Crippen LogP contribution in [0, 0.1) is 0 Å².